The molecule has 2 aromatic rings. The maximum atomic E-state index is 11.7. The van der Waals surface area contributed by atoms with Crippen LogP contribution in [-0.4, -0.2) is 21.8 Å². The fraction of sp³-hybridized carbons (Fsp3) is 0.167. The molecule has 2 N–H and O–H groups in total. The number of hydrogen-bond donors (Lipinski definition) is 2. The smallest absolute Gasteiger partial charge is 0.302 e. The van der Waals surface area contributed by atoms with E-state index in [9.17, 15) is 9.59 Å². The Bertz CT molecular complexity index is 590. The second-order valence-corrected chi connectivity index (χ2v) is 4.99. The minimum absolute atomic E-state index is 0.328. The van der Waals surface area contributed by atoms with Crippen LogP contribution in [0.2, 0.25) is 0 Å². The van der Waals surface area contributed by atoms with Gasteiger partial charge in [0, 0.05) is 11.1 Å². The van der Waals surface area contributed by atoms with E-state index in [1.54, 1.807) is 18.2 Å². The molecule has 2 heterocycles. The van der Waals surface area contributed by atoms with Gasteiger partial charge in [0.25, 0.3) is 0 Å². The van der Waals surface area contributed by atoms with E-state index in [-0.39, 0.29) is 0 Å². The van der Waals surface area contributed by atoms with Gasteiger partial charge in [-0.25, -0.2) is 9.97 Å². The fourth-order valence-corrected chi connectivity index (χ4v) is 2.10. The first-order valence-corrected chi connectivity index (χ1v) is 6.35. The van der Waals surface area contributed by atoms with Crippen molar-refractivity contribution in [2.24, 2.45) is 0 Å². The summed E-state index contributed by atoms with van der Waals surface area (Å²) in [5, 5.41) is 5.26. The summed E-state index contributed by atoms with van der Waals surface area (Å²) < 4.78 is 0. The molecule has 0 spiro atoms. The van der Waals surface area contributed by atoms with E-state index in [1.165, 1.54) is 17.5 Å². The van der Waals surface area contributed by atoms with Crippen LogP contribution in [0, 0.1) is 13.8 Å². The maximum absolute atomic E-state index is 11.7. The van der Waals surface area contributed by atoms with Gasteiger partial charge in [-0.1, -0.05) is 6.07 Å². The van der Waals surface area contributed by atoms with E-state index >= 15 is 0 Å². The number of rotatable bonds is 2. The van der Waals surface area contributed by atoms with E-state index in [0.29, 0.717) is 10.9 Å². The predicted molar refractivity (Wildman–Crippen MR) is 73.1 cm³/mol. The number of aryl methyl sites for hydroxylation is 2. The molecule has 0 unspecified atom stereocenters. The standard InChI is InChI=1S/C12H12N4O2S/c1-7-8(2)19-12(14-7)16-11(18)10(17)15-9-5-3-4-6-13-9/h3-6H,1-2H3,(H,13,15,17)(H,14,16,18). The van der Waals surface area contributed by atoms with Crippen molar-refractivity contribution in [3.8, 4) is 0 Å². The van der Waals surface area contributed by atoms with Gasteiger partial charge in [-0.2, -0.15) is 0 Å². The molecular weight excluding hydrogens is 264 g/mol. The molecule has 0 aliphatic rings. The number of aromatic nitrogens is 2. The van der Waals surface area contributed by atoms with Gasteiger partial charge in [-0.15, -0.1) is 11.3 Å². The van der Waals surface area contributed by atoms with Crippen molar-refractivity contribution in [2.45, 2.75) is 13.8 Å². The van der Waals surface area contributed by atoms with E-state index in [0.717, 1.165) is 10.6 Å². The molecule has 0 bridgehead atoms. The SMILES string of the molecule is Cc1nc(NC(=O)C(=O)Nc2ccccn2)sc1C. The summed E-state index contributed by atoms with van der Waals surface area (Å²) in [6.07, 6.45) is 1.53. The summed E-state index contributed by atoms with van der Waals surface area (Å²) in [6.45, 7) is 3.74. The molecule has 0 atom stereocenters. The Balaban J connectivity index is 1.98. The summed E-state index contributed by atoms with van der Waals surface area (Å²) in [4.78, 5) is 32.3. The zero-order valence-electron chi connectivity index (χ0n) is 10.4. The van der Waals surface area contributed by atoms with Gasteiger partial charge in [0.15, 0.2) is 5.13 Å². The minimum Gasteiger partial charge on any atom is -0.302 e. The number of hydrogen-bond acceptors (Lipinski definition) is 5. The summed E-state index contributed by atoms with van der Waals surface area (Å²) in [5.74, 6) is -1.21. The summed E-state index contributed by atoms with van der Waals surface area (Å²) in [7, 11) is 0. The highest BCUT2D eigenvalue weighted by atomic mass is 32.1. The van der Waals surface area contributed by atoms with Crippen molar-refractivity contribution in [1.82, 2.24) is 9.97 Å². The van der Waals surface area contributed by atoms with Gasteiger partial charge in [0.2, 0.25) is 0 Å². The number of carbonyl (C=O) groups excluding carboxylic acids is 2. The third kappa shape index (κ3) is 3.35. The average Bonchev–Trinajstić information content (AvgIpc) is 2.69. The maximum Gasteiger partial charge on any atom is 0.315 e. The number of amides is 2. The Hall–Kier alpha value is -2.28. The van der Waals surface area contributed by atoms with Gasteiger partial charge in [-0.05, 0) is 26.0 Å². The zero-order chi connectivity index (χ0) is 13.8. The van der Waals surface area contributed by atoms with Gasteiger partial charge in [-0.3, -0.25) is 14.9 Å². The number of carbonyl (C=O) groups is 2. The predicted octanol–water partition coefficient (Wildman–Crippen LogP) is 1.73. The molecule has 0 aliphatic carbocycles. The van der Waals surface area contributed by atoms with Crippen LogP contribution < -0.4 is 10.6 Å². The first kappa shape index (κ1) is 13.2. The lowest BCUT2D eigenvalue weighted by atomic mass is 10.4. The van der Waals surface area contributed by atoms with Gasteiger partial charge < -0.3 is 5.32 Å². The second-order valence-electron chi connectivity index (χ2n) is 3.78. The van der Waals surface area contributed by atoms with Crippen LogP contribution in [-0.2, 0) is 9.59 Å². The molecule has 0 aliphatic heterocycles. The summed E-state index contributed by atoms with van der Waals surface area (Å²) in [6, 6.07) is 5.04. The Kier molecular flexibility index (Phi) is 3.86. The monoisotopic (exact) mass is 276 g/mol. The number of thiazole rings is 1. The lowest BCUT2D eigenvalue weighted by Crippen LogP contribution is -2.29. The van der Waals surface area contributed by atoms with Crippen molar-refractivity contribution in [3.05, 3.63) is 35.0 Å². The van der Waals surface area contributed by atoms with E-state index in [2.05, 4.69) is 20.6 Å². The lowest BCUT2D eigenvalue weighted by Gasteiger charge is -2.03. The van der Waals surface area contributed by atoms with Crippen molar-refractivity contribution in [1.29, 1.82) is 0 Å². The third-order valence-corrected chi connectivity index (χ3v) is 3.35. The molecule has 0 saturated heterocycles. The molecule has 6 nitrogen and oxygen atoms in total. The molecule has 0 fully saturated rings. The number of pyridine rings is 1. The number of nitrogens with zero attached hydrogens (tertiary/aromatic N) is 2. The van der Waals surface area contributed by atoms with Crippen LogP contribution in [0.3, 0.4) is 0 Å². The van der Waals surface area contributed by atoms with Crippen molar-refractivity contribution in [2.75, 3.05) is 10.6 Å². The lowest BCUT2D eigenvalue weighted by molar-refractivity contribution is -0.133. The fourth-order valence-electron chi connectivity index (χ4n) is 1.29. The van der Waals surface area contributed by atoms with Crippen LogP contribution in [0.1, 0.15) is 10.6 Å². The molecule has 0 saturated carbocycles. The zero-order valence-corrected chi connectivity index (χ0v) is 11.2. The van der Waals surface area contributed by atoms with Crippen molar-refractivity contribution < 1.29 is 9.59 Å². The van der Waals surface area contributed by atoms with Gasteiger partial charge >= 0.3 is 11.8 Å². The quantitative estimate of drug-likeness (QED) is 0.818. The van der Waals surface area contributed by atoms with Crippen molar-refractivity contribution >= 4 is 34.1 Å². The summed E-state index contributed by atoms with van der Waals surface area (Å²) >= 11 is 1.33. The summed E-state index contributed by atoms with van der Waals surface area (Å²) in [5.41, 5.74) is 0.838. The Morgan fingerprint density at radius 3 is 2.47 bits per heavy atom. The van der Waals surface area contributed by atoms with E-state index in [4.69, 9.17) is 0 Å². The third-order valence-electron chi connectivity index (χ3n) is 2.36. The molecular formula is C12H12N4O2S. The van der Waals surface area contributed by atoms with Crippen LogP contribution in [0.15, 0.2) is 24.4 Å². The minimum atomic E-state index is -0.774. The van der Waals surface area contributed by atoms with Gasteiger partial charge in [0.05, 0.1) is 5.69 Å². The van der Waals surface area contributed by atoms with Crippen LogP contribution >= 0.6 is 11.3 Å². The molecule has 2 aromatic heterocycles. The highest BCUT2D eigenvalue weighted by Gasteiger charge is 2.16. The normalized spacial score (nSPS) is 10.0. The number of nitrogens with one attached hydrogen (secondary N) is 2. The topological polar surface area (TPSA) is 84.0 Å². The first-order valence-electron chi connectivity index (χ1n) is 5.53. The molecule has 7 heteroatoms. The Morgan fingerprint density at radius 2 is 1.89 bits per heavy atom. The number of anilines is 2. The van der Waals surface area contributed by atoms with Crippen LogP contribution in [0.4, 0.5) is 10.9 Å². The Morgan fingerprint density at radius 1 is 1.16 bits per heavy atom. The second kappa shape index (κ2) is 5.57. The van der Waals surface area contributed by atoms with Gasteiger partial charge in [0.1, 0.15) is 5.82 Å². The molecule has 2 rings (SSSR count). The van der Waals surface area contributed by atoms with Crippen LogP contribution in [0.5, 0.6) is 0 Å². The van der Waals surface area contributed by atoms with E-state index in [1.807, 2.05) is 13.8 Å². The molecule has 19 heavy (non-hydrogen) atoms. The van der Waals surface area contributed by atoms with E-state index < -0.39 is 11.8 Å². The highest BCUT2D eigenvalue weighted by molar-refractivity contribution is 7.15. The van der Waals surface area contributed by atoms with Crippen LogP contribution in [0.25, 0.3) is 0 Å². The Labute approximate surface area is 113 Å². The molecule has 98 valence electrons. The largest absolute Gasteiger partial charge is 0.315 e. The van der Waals surface area contributed by atoms with Crippen molar-refractivity contribution in [3.63, 3.8) is 0 Å². The molecule has 0 radical (unpaired) electrons. The molecule has 2 amide bonds. The average molecular weight is 276 g/mol. The molecule has 0 aromatic carbocycles. The highest BCUT2D eigenvalue weighted by Crippen LogP contribution is 2.20. The first-order chi connectivity index (χ1) is 9.06.